The van der Waals surface area contributed by atoms with Gasteiger partial charge in [0, 0.05) is 25.6 Å². The lowest BCUT2D eigenvalue weighted by Crippen LogP contribution is -2.44. The molecule has 0 bridgehead atoms. The molecule has 4 heteroatoms. The smallest absolute Gasteiger partial charge is 0.224 e. The molecule has 0 unspecified atom stereocenters. The van der Waals surface area contributed by atoms with E-state index in [-0.39, 0.29) is 5.91 Å². The lowest BCUT2D eigenvalue weighted by atomic mass is 10.0. The van der Waals surface area contributed by atoms with E-state index in [1.807, 2.05) is 13.8 Å². The predicted molar refractivity (Wildman–Crippen MR) is 56.8 cm³/mol. The number of nitrogens with two attached hydrogens (primary N) is 1. The fourth-order valence-electron chi connectivity index (χ4n) is 1.19. The summed E-state index contributed by atoms with van der Waals surface area (Å²) >= 11 is 0. The molecule has 0 saturated heterocycles. The number of aliphatic hydroxyl groups is 1. The third kappa shape index (κ3) is 6.86. The largest absolute Gasteiger partial charge is 0.389 e. The number of carbonyl (C=O) groups excluding carboxylic acids is 1. The molecule has 84 valence electrons. The molecule has 0 aromatic carbocycles. The van der Waals surface area contributed by atoms with Crippen molar-refractivity contribution in [2.24, 2.45) is 5.73 Å². The maximum atomic E-state index is 11.6. The highest BCUT2D eigenvalue weighted by Gasteiger charge is 2.23. The van der Waals surface area contributed by atoms with Crippen molar-refractivity contribution in [3.8, 4) is 0 Å². The van der Waals surface area contributed by atoms with E-state index in [9.17, 15) is 9.90 Å². The molecule has 1 amide bonds. The average molecular weight is 202 g/mol. The van der Waals surface area contributed by atoms with Gasteiger partial charge in [-0.2, -0.15) is 0 Å². The average Bonchev–Trinajstić information content (AvgIpc) is 1.78. The second kappa shape index (κ2) is 4.28. The topological polar surface area (TPSA) is 66.6 Å². The fraction of sp³-hybridized carbons (Fsp3) is 0.900. The zero-order valence-corrected chi connectivity index (χ0v) is 9.79. The predicted octanol–water partition coefficient (Wildman–Crippen LogP) is 0.343. The van der Waals surface area contributed by atoms with Crippen LogP contribution in [0.25, 0.3) is 0 Å². The van der Waals surface area contributed by atoms with Crippen molar-refractivity contribution in [3.63, 3.8) is 0 Å². The van der Waals surface area contributed by atoms with Crippen molar-refractivity contribution in [3.05, 3.63) is 0 Å². The third-order valence-corrected chi connectivity index (χ3v) is 1.66. The Balaban J connectivity index is 4.15. The summed E-state index contributed by atoms with van der Waals surface area (Å²) in [5.41, 5.74) is 4.37. The highest BCUT2D eigenvalue weighted by Crippen LogP contribution is 2.09. The van der Waals surface area contributed by atoms with Gasteiger partial charge in [0.05, 0.1) is 5.60 Å². The molecular weight excluding hydrogens is 180 g/mol. The maximum Gasteiger partial charge on any atom is 0.224 e. The van der Waals surface area contributed by atoms with Gasteiger partial charge in [-0.3, -0.25) is 4.79 Å². The minimum atomic E-state index is -0.858. The zero-order chi connectivity index (χ0) is 11.6. The Morgan fingerprint density at radius 3 is 2.07 bits per heavy atom. The van der Waals surface area contributed by atoms with Gasteiger partial charge in [0.25, 0.3) is 0 Å². The van der Waals surface area contributed by atoms with Crippen LogP contribution in [-0.2, 0) is 4.79 Å². The van der Waals surface area contributed by atoms with Gasteiger partial charge in [0.1, 0.15) is 0 Å². The van der Waals surface area contributed by atoms with Crippen molar-refractivity contribution in [1.29, 1.82) is 0 Å². The number of carbonyl (C=O) groups is 1. The summed E-state index contributed by atoms with van der Waals surface area (Å²) in [7, 11) is 1.67. The second-order valence-electron chi connectivity index (χ2n) is 5.23. The lowest BCUT2D eigenvalue weighted by Gasteiger charge is -2.28. The normalized spacial score (nSPS) is 12.8. The Labute approximate surface area is 86.1 Å². The monoisotopic (exact) mass is 202 g/mol. The number of hydrogen-bond donors (Lipinski definition) is 2. The fourth-order valence-corrected chi connectivity index (χ4v) is 1.19. The number of rotatable bonds is 4. The molecule has 0 aromatic heterocycles. The Morgan fingerprint density at radius 2 is 1.79 bits per heavy atom. The molecule has 0 rings (SSSR count). The maximum absolute atomic E-state index is 11.6. The van der Waals surface area contributed by atoms with Crippen LogP contribution in [0.3, 0.4) is 0 Å². The first-order chi connectivity index (χ1) is 6.01. The molecule has 0 atom stereocenters. The van der Waals surface area contributed by atoms with Crippen molar-refractivity contribution in [1.82, 2.24) is 4.90 Å². The van der Waals surface area contributed by atoms with E-state index in [1.54, 1.807) is 20.9 Å². The Bertz CT molecular complexity index is 201. The molecule has 0 fully saturated rings. The van der Waals surface area contributed by atoms with Crippen molar-refractivity contribution >= 4 is 5.91 Å². The summed E-state index contributed by atoms with van der Waals surface area (Å²) in [4.78, 5) is 13.1. The molecule has 0 spiro atoms. The van der Waals surface area contributed by atoms with E-state index < -0.39 is 11.1 Å². The second-order valence-corrected chi connectivity index (χ2v) is 5.23. The van der Waals surface area contributed by atoms with Crippen LogP contribution in [-0.4, -0.2) is 40.6 Å². The minimum absolute atomic E-state index is 0.0420. The lowest BCUT2D eigenvalue weighted by molar-refractivity contribution is -0.133. The van der Waals surface area contributed by atoms with Crippen LogP contribution >= 0.6 is 0 Å². The summed E-state index contributed by atoms with van der Waals surface area (Å²) in [5, 5.41) is 9.51. The molecule has 14 heavy (non-hydrogen) atoms. The first-order valence-corrected chi connectivity index (χ1v) is 4.76. The van der Waals surface area contributed by atoms with E-state index in [4.69, 9.17) is 5.73 Å². The molecule has 3 N–H and O–H groups in total. The van der Waals surface area contributed by atoms with Gasteiger partial charge in [0.15, 0.2) is 0 Å². The van der Waals surface area contributed by atoms with Gasteiger partial charge in [-0.05, 0) is 27.7 Å². The molecule has 4 nitrogen and oxygen atoms in total. The van der Waals surface area contributed by atoms with Gasteiger partial charge >= 0.3 is 0 Å². The number of nitrogens with zero attached hydrogens (tertiary/aromatic N) is 1. The molecule has 0 heterocycles. The SMILES string of the molecule is CN(CC(C)(C)O)C(=O)CC(C)(C)N. The minimum Gasteiger partial charge on any atom is -0.389 e. The highest BCUT2D eigenvalue weighted by atomic mass is 16.3. The first kappa shape index (κ1) is 13.4. The van der Waals surface area contributed by atoms with E-state index >= 15 is 0 Å². The van der Waals surface area contributed by atoms with E-state index in [2.05, 4.69) is 0 Å². The van der Waals surface area contributed by atoms with Crippen molar-refractivity contribution < 1.29 is 9.90 Å². The van der Waals surface area contributed by atoms with Gasteiger partial charge in [0.2, 0.25) is 5.91 Å². The van der Waals surface area contributed by atoms with Gasteiger partial charge < -0.3 is 15.7 Å². The molecular formula is C10H22N2O2. The van der Waals surface area contributed by atoms with E-state index in [0.29, 0.717) is 13.0 Å². The Morgan fingerprint density at radius 1 is 1.36 bits per heavy atom. The molecule has 0 saturated carbocycles. The molecule has 0 radical (unpaired) electrons. The molecule has 0 aliphatic rings. The van der Waals surface area contributed by atoms with Gasteiger partial charge in [-0.15, -0.1) is 0 Å². The molecule has 0 aliphatic carbocycles. The van der Waals surface area contributed by atoms with E-state index in [0.717, 1.165) is 0 Å². The molecule has 0 aromatic rings. The molecule has 0 aliphatic heterocycles. The highest BCUT2D eigenvalue weighted by molar-refractivity contribution is 5.77. The summed E-state index contributed by atoms with van der Waals surface area (Å²) in [6, 6.07) is 0. The van der Waals surface area contributed by atoms with Crippen molar-refractivity contribution in [2.45, 2.75) is 45.3 Å². The Kier molecular flexibility index (Phi) is 4.09. The zero-order valence-electron chi connectivity index (χ0n) is 9.79. The van der Waals surface area contributed by atoms with Gasteiger partial charge in [-0.1, -0.05) is 0 Å². The summed E-state index contributed by atoms with van der Waals surface area (Å²) in [6.07, 6.45) is 0.291. The van der Waals surface area contributed by atoms with Crippen LogP contribution in [0.5, 0.6) is 0 Å². The van der Waals surface area contributed by atoms with Crippen LogP contribution in [0, 0.1) is 0 Å². The van der Waals surface area contributed by atoms with Gasteiger partial charge in [-0.25, -0.2) is 0 Å². The third-order valence-electron chi connectivity index (χ3n) is 1.66. The standard InChI is InChI=1S/C10H22N2O2/c1-9(2,11)6-8(13)12(5)7-10(3,4)14/h14H,6-7,11H2,1-5H3. The number of hydrogen-bond acceptors (Lipinski definition) is 3. The first-order valence-electron chi connectivity index (χ1n) is 4.76. The van der Waals surface area contributed by atoms with Crippen LogP contribution in [0.2, 0.25) is 0 Å². The summed E-state index contributed by atoms with van der Waals surface area (Å²) in [5.74, 6) is -0.0420. The number of likely N-dealkylation sites (N-methyl/N-ethyl adjacent to an activating group) is 1. The van der Waals surface area contributed by atoms with Crippen molar-refractivity contribution in [2.75, 3.05) is 13.6 Å². The Hall–Kier alpha value is -0.610. The quantitative estimate of drug-likeness (QED) is 0.691. The van der Waals surface area contributed by atoms with Crippen LogP contribution in [0.4, 0.5) is 0 Å². The van der Waals surface area contributed by atoms with E-state index in [1.165, 1.54) is 4.90 Å². The van der Waals surface area contributed by atoms with Crippen LogP contribution < -0.4 is 5.73 Å². The summed E-state index contributed by atoms with van der Waals surface area (Å²) < 4.78 is 0. The number of amides is 1. The van der Waals surface area contributed by atoms with Crippen LogP contribution in [0.1, 0.15) is 34.1 Å². The summed E-state index contributed by atoms with van der Waals surface area (Å²) in [6.45, 7) is 7.28. The van der Waals surface area contributed by atoms with Crippen LogP contribution in [0.15, 0.2) is 0 Å².